The van der Waals surface area contributed by atoms with Crippen LogP contribution in [0, 0.1) is 0 Å². The first-order chi connectivity index (χ1) is 6.03. The number of carbonyl (C=O) groups excluding carboxylic acids is 1. The lowest BCUT2D eigenvalue weighted by atomic mass is 10.3. The smallest absolute Gasteiger partial charge is 0.334 e. The molecule has 0 bridgehead atoms. The number of esters is 1. The van der Waals surface area contributed by atoms with Gasteiger partial charge in [-0.3, -0.25) is 0 Å². The molecular formula is C8H8F2O3. The largest absolute Gasteiger partial charge is 0.487 e. The molecule has 0 aliphatic carbocycles. The first-order valence-corrected chi connectivity index (χ1v) is 3.55. The SMILES string of the molecule is C=CC(F)(F)COC1=CC(=O)OC1. The summed E-state index contributed by atoms with van der Waals surface area (Å²) in [4.78, 5) is 10.5. The molecule has 1 aliphatic heterocycles. The van der Waals surface area contributed by atoms with Crippen LogP contribution in [-0.4, -0.2) is 25.1 Å². The Morgan fingerprint density at radius 2 is 2.46 bits per heavy atom. The van der Waals surface area contributed by atoms with Crippen molar-refractivity contribution in [2.45, 2.75) is 5.92 Å². The molecule has 0 saturated carbocycles. The highest BCUT2D eigenvalue weighted by molar-refractivity contribution is 5.84. The lowest BCUT2D eigenvalue weighted by Crippen LogP contribution is -2.20. The number of hydrogen-bond donors (Lipinski definition) is 0. The Morgan fingerprint density at radius 3 is 2.92 bits per heavy atom. The molecule has 3 nitrogen and oxygen atoms in total. The zero-order valence-electron chi connectivity index (χ0n) is 6.76. The van der Waals surface area contributed by atoms with E-state index in [1.807, 2.05) is 0 Å². The summed E-state index contributed by atoms with van der Waals surface area (Å²) < 4.78 is 34.1. The van der Waals surface area contributed by atoms with Crippen LogP contribution >= 0.6 is 0 Å². The summed E-state index contributed by atoms with van der Waals surface area (Å²) in [6.45, 7) is 2.05. The molecule has 0 aromatic rings. The molecule has 0 unspecified atom stereocenters. The maximum absolute atomic E-state index is 12.5. The second-order valence-corrected chi connectivity index (χ2v) is 2.47. The number of hydrogen-bond acceptors (Lipinski definition) is 3. The van der Waals surface area contributed by atoms with Gasteiger partial charge in [-0.25, -0.2) is 4.79 Å². The molecule has 1 aliphatic rings. The third-order valence-corrected chi connectivity index (χ3v) is 1.38. The van der Waals surface area contributed by atoms with Crippen molar-refractivity contribution in [3.05, 3.63) is 24.5 Å². The molecule has 1 heterocycles. The first kappa shape index (κ1) is 9.70. The fourth-order valence-corrected chi connectivity index (χ4v) is 0.688. The molecule has 0 N–H and O–H groups in total. The minimum Gasteiger partial charge on any atom is -0.487 e. The lowest BCUT2D eigenvalue weighted by molar-refractivity contribution is -0.135. The summed E-state index contributed by atoms with van der Waals surface area (Å²) >= 11 is 0. The maximum Gasteiger partial charge on any atom is 0.334 e. The quantitative estimate of drug-likeness (QED) is 0.494. The van der Waals surface area contributed by atoms with Gasteiger partial charge in [-0.05, 0) is 6.08 Å². The van der Waals surface area contributed by atoms with Gasteiger partial charge in [0.25, 0.3) is 5.92 Å². The highest BCUT2D eigenvalue weighted by Crippen LogP contribution is 2.17. The summed E-state index contributed by atoms with van der Waals surface area (Å²) in [6, 6.07) is 0. The molecule has 13 heavy (non-hydrogen) atoms. The van der Waals surface area contributed by atoms with Crippen LogP contribution in [0.1, 0.15) is 0 Å². The average molecular weight is 190 g/mol. The molecule has 72 valence electrons. The molecule has 0 amide bonds. The molecule has 0 fully saturated rings. The van der Waals surface area contributed by atoms with Gasteiger partial charge in [0.1, 0.15) is 12.4 Å². The highest BCUT2D eigenvalue weighted by atomic mass is 19.3. The molecular weight excluding hydrogens is 182 g/mol. The molecule has 0 spiro atoms. The fraction of sp³-hybridized carbons (Fsp3) is 0.375. The molecule has 0 aromatic carbocycles. The van der Waals surface area contributed by atoms with Crippen molar-refractivity contribution in [1.82, 2.24) is 0 Å². The second kappa shape index (κ2) is 3.55. The predicted octanol–water partition coefficient (Wildman–Crippen LogP) is 1.26. The van der Waals surface area contributed by atoms with Crippen molar-refractivity contribution in [3.8, 4) is 0 Å². The van der Waals surface area contributed by atoms with E-state index in [0.29, 0.717) is 6.08 Å². The van der Waals surface area contributed by atoms with Crippen molar-refractivity contribution in [2.24, 2.45) is 0 Å². The molecule has 5 heteroatoms. The topological polar surface area (TPSA) is 35.5 Å². The summed E-state index contributed by atoms with van der Waals surface area (Å²) in [5, 5.41) is 0. The monoisotopic (exact) mass is 190 g/mol. The Balaban J connectivity index is 2.39. The van der Waals surface area contributed by atoms with Gasteiger partial charge < -0.3 is 9.47 Å². The number of carbonyl (C=O) groups is 1. The van der Waals surface area contributed by atoms with Crippen molar-refractivity contribution >= 4 is 5.97 Å². The van der Waals surface area contributed by atoms with E-state index in [1.54, 1.807) is 0 Å². The number of rotatable bonds is 4. The van der Waals surface area contributed by atoms with Crippen LogP contribution in [0.4, 0.5) is 8.78 Å². The summed E-state index contributed by atoms with van der Waals surface area (Å²) in [5.41, 5.74) is 0. The van der Waals surface area contributed by atoms with E-state index in [-0.39, 0.29) is 12.4 Å². The first-order valence-electron chi connectivity index (χ1n) is 3.55. The van der Waals surface area contributed by atoms with Gasteiger partial charge in [0.15, 0.2) is 6.61 Å². The Kier molecular flexibility index (Phi) is 2.65. The molecule has 0 atom stereocenters. The zero-order valence-corrected chi connectivity index (χ0v) is 6.76. The van der Waals surface area contributed by atoms with Gasteiger partial charge in [-0.15, -0.1) is 0 Å². The van der Waals surface area contributed by atoms with Crippen LogP contribution in [0.2, 0.25) is 0 Å². The minimum atomic E-state index is -3.08. The van der Waals surface area contributed by atoms with Crippen molar-refractivity contribution in [1.29, 1.82) is 0 Å². The van der Waals surface area contributed by atoms with E-state index in [4.69, 9.17) is 0 Å². The van der Waals surface area contributed by atoms with Crippen LogP contribution in [0.25, 0.3) is 0 Å². The number of halogens is 2. The molecule has 1 rings (SSSR count). The number of cyclic esters (lactones) is 1. The molecule has 0 saturated heterocycles. The van der Waals surface area contributed by atoms with Crippen LogP contribution in [0.3, 0.4) is 0 Å². The fourth-order valence-electron chi connectivity index (χ4n) is 0.688. The van der Waals surface area contributed by atoms with E-state index in [1.165, 1.54) is 0 Å². The van der Waals surface area contributed by atoms with Gasteiger partial charge in [-0.2, -0.15) is 8.78 Å². The van der Waals surface area contributed by atoms with E-state index < -0.39 is 18.5 Å². The normalized spacial score (nSPS) is 16.5. The summed E-state index contributed by atoms with van der Waals surface area (Å²) in [6.07, 6.45) is 1.53. The Hall–Kier alpha value is -1.39. The molecule has 0 radical (unpaired) electrons. The van der Waals surface area contributed by atoms with Gasteiger partial charge in [0.05, 0.1) is 6.08 Å². The third-order valence-electron chi connectivity index (χ3n) is 1.38. The highest BCUT2D eigenvalue weighted by Gasteiger charge is 2.26. The zero-order chi connectivity index (χ0) is 9.90. The van der Waals surface area contributed by atoms with E-state index in [2.05, 4.69) is 16.1 Å². The Morgan fingerprint density at radius 1 is 1.77 bits per heavy atom. The van der Waals surface area contributed by atoms with E-state index in [0.717, 1.165) is 6.08 Å². The van der Waals surface area contributed by atoms with Gasteiger partial charge in [-0.1, -0.05) is 6.58 Å². The minimum absolute atomic E-state index is 0.0773. The van der Waals surface area contributed by atoms with Crippen molar-refractivity contribution < 1.29 is 23.0 Å². The maximum atomic E-state index is 12.5. The number of alkyl halides is 2. The number of ether oxygens (including phenoxy) is 2. The van der Waals surface area contributed by atoms with Crippen LogP contribution in [0.5, 0.6) is 0 Å². The Bertz CT molecular complexity index is 258. The van der Waals surface area contributed by atoms with Gasteiger partial charge in [0.2, 0.25) is 0 Å². The van der Waals surface area contributed by atoms with Crippen molar-refractivity contribution in [2.75, 3.05) is 13.2 Å². The predicted molar refractivity (Wildman–Crippen MR) is 40.1 cm³/mol. The van der Waals surface area contributed by atoms with Crippen LogP contribution < -0.4 is 0 Å². The van der Waals surface area contributed by atoms with E-state index >= 15 is 0 Å². The standard InChI is InChI=1S/C8H8F2O3/c1-2-8(9,10)5-13-6-3-7(11)12-4-6/h2-3H,1,4-5H2. The lowest BCUT2D eigenvalue weighted by Gasteiger charge is -2.12. The van der Waals surface area contributed by atoms with Gasteiger partial charge in [0, 0.05) is 0 Å². The van der Waals surface area contributed by atoms with Gasteiger partial charge >= 0.3 is 5.97 Å². The summed E-state index contributed by atoms with van der Waals surface area (Å²) in [5.74, 6) is -3.53. The molecule has 0 aromatic heterocycles. The van der Waals surface area contributed by atoms with Crippen LogP contribution in [0.15, 0.2) is 24.5 Å². The third kappa shape index (κ3) is 2.85. The Labute approximate surface area is 73.6 Å². The van der Waals surface area contributed by atoms with Crippen LogP contribution in [-0.2, 0) is 14.3 Å². The van der Waals surface area contributed by atoms with Crippen molar-refractivity contribution in [3.63, 3.8) is 0 Å². The van der Waals surface area contributed by atoms with E-state index in [9.17, 15) is 13.6 Å². The average Bonchev–Trinajstić information content (AvgIpc) is 2.48. The summed E-state index contributed by atoms with van der Waals surface area (Å²) in [7, 11) is 0. The second-order valence-electron chi connectivity index (χ2n) is 2.47.